The summed E-state index contributed by atoms with van der Waals surface area (Å²) >= 11 is 0. The zero-order chi connectivity index (χ0) is 18.4. The van der Waals surface area contributed by atoms with Crippen molar-refractivity contribution in [1.29, 1.82) is 0 Å². The van der Waals surface area contributed by atoms with E-state index in [1.165, 1.54) is 0 Å². The lowest BCUT2D eigenvalue weighted by molar-refractivity contribution is -0.117. The molecule has 1 fully saturated rings. The number of anilines is 3. The summed E-state index contributed by atoms with van der Waals surface area (Å²) in [6.45, 7) is 0.883. The average molecular weight is 357 g/mol. The maximum atomic E-state index is 12.7. The van der Waals surface area contributed by atoms with Gasteiger partial charge in [-0.15, -0.1) is 0 Å². The summed E-state index contributed by atoms with van der Waals surface area (Å²) in [6.07, 6.45) is 1.90. The average Bonchev–Trinajstić information content (AvgIpc) is 3.18. The van der Waals surface area contributed by atoms with Crippen LogP contribution in [0.3, 0.4) is 0 Å². The van der Waals surface area contributed by atoms with Gasteiger partial charge in [-0.2, -0.15) is 0 Å². The third kappa shape index (κ3) is 2.72. The lowest BCUT2D eigenvalue weighted by Crippen LogP contribution is -2.43. The van der Waals surface area contributed by atoms with E-state index in [0.717, 1.165) is 41.5 Å². The van der Waals surface area contributed by atoms with E-state index in [2.05, 4.69) is 15.5 Å². The molecule has 2 aliphatic rings. The minimum absolute atomic E-state index is 0.0205. The van der Waals surface area contributed by atoms with Gasteiger partial charge < -0.3 is 15.5 Å². The maximum absolute atomic E-state index is 12.7. The predicted molar refractivity (Wildman–Crippen MR) is 107 cm³/mol. The summed E-state index contributed by atoms with van der Waals surface area (Å²) < 4.78 is 0. The molecule has 5 nitrogen and oxygen atoms in total. The van der Waals surface area contributed by atoms with Crippen LogP contribution in [0.2, 0.25) is 0 Å². The first-order chi connectivity index (χ1) is 13.2. The molecule has 5 rings (SSSR count). The van der Waals surface area contributed by atoms with Crippen molar-refractivity contribution >= 4 is 39.6 Å². The third-order valence-corrected chi connectivity index (χ3v) is 5.39. The van der Waals surface area contributed by atoms with E-state index in [-0.39, 0.29) is 17.9 Å². The second-order valence-electron chi connectivity index (χ2n) is 7.09. The monoisotopic (exact) mass is 357 g/mol. The largest absolute Gasteiger partial charge is 0.358 e. The van der Waals surface area contributed by atoms with Crippen molar-refractivity contribution in [2.45, 2.75) is 18.9 Å². The van der Waals surface area contributed by atoms with Gasteiger partial charge in [-0.1, -0.05) is 30.3 Å². The number of nitrogens with one attached hydrogen (secondary N) is 2. The molecule has 27 heavy (non-hydrogen) atoms. The lowest BCUT2D eigenvalue weighted by Gasteiger charge is -2.33. The van der Waals surface area contributed by atoms with E-state index in [1.807, 2.05) is 54.6 Å². The summed E-state index contributed by atoms with van der Waals surface area (Å²) in [5.41, 5.74) is 2.99. The fraction of sp³-hybridized carbons (Fsp3) is 0.182. The van der Waals surface area contributed by atoms with E-state index in [9.17, 15) is 9.59 Å². The second kappa shape index (κ2) is 6.13. The van der Waals surface area contributed by atoms with E-state index in [1.54, 1.807) is 6.07 Å². The Morgan fingerprint density at radius 1 is 1.04 bits per heavy atom. The number of rotatable bonds is 2. The molecule has 0 aromatic heterocycles. The van der Waals surface area contributed by atoms with E-state index < -0.39 is 0 Å². The Morgan fingerprint density at radius 2 is 1.89 bits per heavy atom. The van der Waals surface area contributed by atoms with Crippen LogP contribution in [0.1, 0.15) is 23.2 Å². The normalized spacial score (nSPS) is 18.0. The topological polar surface area (TPSA) is 61.4 Å². The fourth-order valence-corrected chi connectivity index (χ4v) is 4.04. The Morgan fingerprint density at radius 3 is 2.78 bits per heavy atom. The molecule has 0 saturated carbocycles. The SMILES string of the molecule is O=C(Nc1ccc2ccccc2c1)c1ccc2c(c1)NC(=O)[C@H]1CCCN21. The molecule has 134 valence electrons. The number of hydrogen-bond acceptors (Lipinski definition) is 3. The number of fused-ring (bicyclic) bond motifs is 4. The molecule has 2 aliphatic heterocycles. The van der Waals surface area contributed by atoms with Crippen molar-refractivity contribution < 1.29 is 9.59 Å². The summed E-state index contributed by atoms with van der Waals surface area (Å²) in [5, 5.41) is 8.11. The van der Waals surface area contributed by atoms with Gasteiger partial charge in [0.1, 0.15) is 6.04 Å². The molecule has 0 spiro atoms. The molecule has 1 atom stereocenters. The smallest absolute Gasteiger partial charge is 0.255 e. The van der Waals surface area contributed by atoms with Crippen LogP contribution < -0.4 is 15.5 Å². The number of nitrogens with zero attached hydrogens (tertiary/aromatic N) is 1. The molecule has 3 aromatic rings. The summed E-state index contributed by atoms with van der Waals surface area (Å²) in [6, 6.07) is 19.3. The van der Waals surface area contributed by atoms with Gasteiger partial charge in [0.05, 0.1) is 11.4 Å². The lowest BCUT2D eigenvalue weighted by atomic mass is 10.1. The van der Waals surface area contributed by atoms with Crippen LogP contribution in [0.5, 0.6) is 0 Å². The van der Waals surface area contributed by atoms with Crippen molar-refractivity contribution in [2.75, 3.05) is 22.1 Å². The van der Waals surface area contributed by atoms with E-state index in [0.29, 0.717) is 11.3 Å². The Bertz CT molecular complexity index is 1080. The van der Waals surface area contributed by atoms with E-state index in [4.69, 9.17) is 0 Å². The Balaban J connectivity index is 1.42. The van der Waals surface area contributed by atoms with Crippen LogP contribution in [0.15, 0.2) is 60.7 Å². The second-order valence-corrected chi connectivity index (χ2v) is 7.09. The molecular formula is C22H19N3O2. The number of benzene rings is 3. The summed E-state index contributed by atoms with van der Waals surface area (Å²) in [4.78, 5) is 27.1. The molecule has 0 radical (unpaired) electrons. The highest BCUT2D eigenvalue weighted by Gasteiger charge is 2.36. The van der Waals surface area contributed by atoms with Crippen molar-refractivity contribution in [3.8, 4) is 0 Å². The van der Waals surface area contributed by atoms with Crippen LogP contribution in [0, 0.1) is 0 Å². The fourth-order valence-electron chi connectivity index (χ4n) is 4.04. The van der Waals surface area contributed by atoms with Gasteiger partial charge >= 0.3 is 0 Å². The quantitative estimate of drug-likeness (QED) is 0.728. The number of carbonyl (C=O) groups is 2. The van der Waals surface area contributed by atoms with Gasteiger partial charge in [0.25, 0.3) is 5.91 Å². The summed E-state index contributed by atoms with van der Waals surface area (Å²) in [5.74, 6) is -0.169. The first-order valence-electron chi connectivity index (χ1n) is 9.21. The zero-order valence-corrected chi connectivity index (χ0v) is 14.7. The predicted octanol–water partition coefficient (Wildman–Crippen LogP) is 4.01. The molecule has 2 N–H and O–H groups in total. The maximum Gasteiger partial charge on any atom is 0.255 e. The Hall–Kier alpha value is -3.34. The molecule has 1 saturated heterocycles. The molecule has 3 aromatic carbocycles. The molecule has 0 aliphatic carbocycles. The van der Waals surface area contributed by atoms with Gasteiger partial charge in [-0.3, -0.25) is 9.59 Å². The first-order valence-corrected chi connectivity index (χ1v) is 9.21. The minimum Gasteiger partial charge on any atom is -0.358 e. The van der Waals surface area contributed by atoms with Crippen LogP contribution in [-0.2, 0) is 4.79 Å². The number of hydrogen-bond donors (Lipinski definition) is 2. The summed E-state index contributed by atoms with van der Waals surface area (Å²) in [7, 11) is 0. The molecule has 5 heteroatoms. The third-order valence-electron chi connectivity index (χ3n) is 5.39. The van der Waals surface area contributed by atoms with Crippen molar-refractivity contribution in [3.05, 3.63) is 66.2 Å². The van der Waals surface area contributed by atoms with Gasteiger partial charge in [0.15, 0.2) is 0 Å². The van der Waals surface area contributed by atoms with Gasteiger partial charge in [0.2, 0.25) is 5.91 Å². The van der Waals surface area contributed by atoms with E-state index >= 15 is 0 Å². The van der Waals surface area contributed by atoms with Crippen molar-refractivity contribution in [2.24, 2.45) is 0 Å². The highest BCUT2D eigenvalue weighted by molar-refractivity contribution is 6.09. The van der Waals surface area contributed by atoms with Crippen molar-refractivity contribution in [1.82, 2.24) is 0 Å². The van der Waals surface area contributed by atoms with Gasteiger partial charge in [0, 0.05) is 17.8 Å². The highest BCUT2D eigenvalue weighted by Crippen LogP contribution is 2.37. The molecule has 2 amide bonds. The van der Waals surface area contributed by atoms with Crippen LogP contribution in [0.25, 0.3) is 10.8 Å². The van der Waals surface area contributed by atoms with Gasteiger partial charge in [-0.25, -0.2) is 0 Å². The number of amides is 2. The van der Waals surface area contributed by atoms with Crippen LogP contribution in [-0.4, -0.2) is 24.4 Å². The molecule has 0 unspecified atom stereocenters. The Kier molecular flexibility index (Phi) is 3.60. The molecular weight excluding hydrogens is 338 g/mol. The van der Waals surface area contributed by atoms with Crippen LogP contribution >= 0.6 is 0 Å². The Labute approximate surface area is 157 Å². The van der Waals surface area contributed by atoms with Gasteiger partial charge in [-0.05, 0) is 53.9 Å². The first kappa shape index (κ1) is 15.9. The standard InChI is InChI=1S/C22H19N3O2/c26-21(23-17-9-7-14-4-1-2-5-15(14)12-17)16-8-10-19-18(13-16)24-22(27)20-6-3-11-25(19)20/h1-2,4-5,7-10,12-13,20H,3,6,11H2,(H,23,26)(H,24,27)/t20-/m1/s1. The van der Waals surface area contributed by atoms with Crippen molar-refractivity contribution in [3.63, 3.8) is 0 Å². The highest BCUT2D eigenvalue weighted by atomic mass is 16.2. The minimum atomic E-state index is -0.189. The number of carbonyl (C=O) groups excluding carboxylic acids is 2. The molecule has 0 bridgehead atoms. The zero-order valence-electron chi connectivity index (χ0n) is 14.7. The molecule has 2 heterocycles. The van der Waals surface area contributed by atoms with Crippen LogP contribution in [0.4, 0.5) is 17.1 Å².